The highest BCUT2D eigenvalue weighted by molar-refractivity contribution is 5.62. The van der Waals surface area contributed by atoms with E-state index in [4.69, 9.17) is 0 Å². The molecule has 0 amide bonds. The molecule has 1 heteroatoms. The maximum atomic E-state index is 4.01. The average Bonchev–Trinajstić information content (AvgIpc) is 2.88. The van der Waals surface area contributed by atoms with Crippen molar-refractivity contribution in [2.24, 2.45) is 0 Å². The Morgan fingerprint density at radius 1 is 1.38 bits per heavy atom. The molecule has 1 aromatic rings. The van der Waals surface area contributed by atoms with Crippen LogP contribution >= 0.6 is 0 Å². The Hall–Kier alpha value is -1.08. The van der Waals surface area contributed by atoms with Crippen LogP contribution in [0.1, 0.15) is 31.7 Å². The van der Waals surface area contributed by atoms with E-state index in [1.54, 1.807) is 0 Å². The van der Waals surface area contributed by atoms with E-state index in [-0.39, 0.29) is 0 Å². The van der Waals surface area contributed by atoms with Crippen molar-refractivity contribution in [1.82, 2.24) is 4.90 Å². The summed E-state index contributed by atoms with van der Waals surface area (Å²) >= 11 is 0. The van der Waals surface area contributed by atoms with Crippen LogP contribution in [0.5, 0.6) is 0 Å². The molecule has 0 N–H and O–H groups in total. The Morgan fingerprint density at radius 2 is 2.06 bits per heavy atom. The molecule has 0 radical (unpaired) electrons. The van der Waals surface area contributed by atoms with Crippen molar-refractivity contribution in [3.05, 3.63) is 42.5 Å². The van der Waals surface area contributed by atoms with Gasteiger partial charge in [0.1, 0.15) is 0 Å². The van der Waals surface area contributed by atoms with Gasteiger partial charge in [-0.1, -0.05) is 50.3 Å². The quantitative estimate of drug-likeness (QED) is 0.697. The molecule has 86 valence electrons. The summed E-state index contributed by atoms with van der Waals surface area (Å²) in [7, 11) is 0. The molecule has 3 rings (SSSR count). The number of fused-ring (bicyclic) bond motifs is 1. The molecule has 2 unspecified atom stereocenters. The molecule has 2 saturated heterocycles. The highest BCUT2D eigenvalue weighted by Gasteiger charge is 2.41. The van der Waals surface area contributed by atoms with E-state index in [9.17, 15) is 0 Å². The predicted octanol–water partition coefficient (Wildman–Crippen LogP) is 3.57. The second-order valence-electron chi connectivity index (χ2n) is 4.66. The molecule has 16 heavy (non-hydrogen) atoms. The van der Waals surface area contributed by atoms with E-state index in [0.29, 0.717) is 0 Å². The van der Waals surface area contributed by atoms with Crippen LogP contribution in [0.15, 0.2) is 36.9 Å². The van der Waals surface area contributed by atoms with E-state index in [2.05, 4.69) is 42.7 Å². The number of allylic oxidation sites excluding steroid dienone is 1. The first kappa shape index (κ1) is 11.4. The maximum absolute atomic E-state index is 4.01. The van der Waals surface area contributed by atoms with Crippen LogP contribution in [0.25, 0.3) is 5.57 Å². The molecule has 1 aromatic carbocycles. The van der Waals surface area contributed by atoms with E-state index >= 15 is 0 Å². The molecule has 0 aromatic heterocycles. The number of rotatable bonds is 3. The lowest BCUT2D eigenvalue weighted by Crippen LogP contribution is -2.16. The van der Waals surface area contributed by atoms with Crippen molar-refractivity contribution in [3.8, 4) is 0 Å². The fourth-order valence-corrected chi connectivity index (χ4v) is 2.02. The number of hydrogen-bond donors (Lipinski definition) is 0. The molecule has 0 saturated carbocycles. The second-order valence-corrected chi connectivity index (χ2v) is 4.66. The van der Waals surface area contributed by atoms with E-state index in [1.807, 2.05) is 6.07 Å². The molecule has 2 fully saturated rings. The fourth-order valence-electron chi connectivity index (χ4n) is 2.02. The second kappa shape index (κ2) is 5.31. The molecule has 2 heterocycles. The number of nitrogens with zero attached hydrogens (tertiary/aromatic N) is 1. The van der Waals surface area contributed by atoms with Crippen LogP contribution in [0, 0.1) is 0 Å². The third-order valence-corrected chi connectivity index (χ3v) is 3.31. The number of benzene rings is 1. The van der Waals surface area contributed by atoms with Gasteiger partial charge in [-0.2, -0.15) is 0 Å². The van der Waals surface area contributed by atoms with Crippen molar-refractivity contribution >= 4 is 5.57 Å². The fraction of sp³-hybridized carbons (Fsp3) is 0.467. The molecule has 1 nitrogen and oxygen atoms in total. The highest BCUT2D eigenvalue weighted by Crippen LogP contribution is 2.30. The highest BCUT2D eigenvalue weighted by atomic mass is 15.4. The van der Waals surface area contributed by atoms with Gasteiger partial charge >= 0.3 is 0 Å². The van der Waals surface area contributed by atoms with Gasteiger partial charge in [-0.3, -0.25) is 4.90 Å². The van der Waals surface area contributed by atoms with Crippen LogP contribution in [-0.2, 0) is 0 Å². The smallest absolute Gasteiger partial charge is 0.0236 e. The van der Waals surface area contributed by atoms with Gasteiger partial charge in [0, 0.05) is 19.1 Å². The van der Waals surface area contributed by atoms with Crippen LogP contribution in [-0.4, -0.2) is 24.0 Å². The third kappa shape index (κ3) is 2.96. The van der Waals surface area contributed by atoms with Crippen molar-refractivity contribution < 1.29 is 0 Å². The van der Waals surface area contributed by atoms with Gasteiger partial charge in [-0.05, 0) is 24.0 Å². The van der Waals surface area contributed by atoms with Gasteiger partial charge in [0.05, 0.1) is 0 Å². The zero-order valence-electron chi connectivity index (χ0n) is 10.2. The topological polar surface area (TPSA) is 3.01 Å². The molecular formula is C15H21N. The minimum atomic E-state index is 1.06. The third-order valence-electron chi connectivity index (χ3n) is 3.31. The minimum absolute atomic E-state index is 1.06. The Morgan fingerprint density at radius 3 is 2.44 bits per heavy atom. The standard InChI is InChI=1S/C11H14.C4H7N/c1-3-7-10(2)11-8-5-4-6-9-11;1-2-5-3-4(1)5/h4-6,8-9H,2-3,7H2,1H3;4H,1-3H2. The lowest BCUT2D eigenvalue weighted by Gasteiger charge is -2.08. The summed E-state index contributed by atoms with van der Waals surface area (Å²) in [5, 5.41) is 0. The zero-order valence-corrected chi connectivity index (χ0v) is 10.2. The van der Waals surface area contributed by atoms with E-state index in [0.717, 1.165) is 12.5 Å². The number of hydrogen-bond acceptors (Lipinski definition) is 1. The average molecular weight is 215 g/mol. The zero-order chi connectivity index (χ0) is 11.4. The largest absolute Gasteiger partial charge is 0.297 e. The lowest BCUT2D eigenvalue weighted by molar-refractivity contribution is 0.382. The van der Waals surface area contributed by atoms with Gasteiger partial charge in [-0.15, -0.1) is 0 Å². The van der Waals surface area contributed by atoms with Gasteiger partial charge in [-0.25, -0.2) is 0 Å². The van der Waals surface area contributed by atoms with E-state index < -0.39 is 0 Å². The van der Waals surface area contributed by atoms with Crippen molar-refractivity contribution in [3.63, 3.8) is 0 Å². The molecule has 0 bridgehead atoms. The Balaban J connectivity index is 0.000000156. The Kier molecular flexibility index (Phi) is 3.79. The maximum Gasteiger partial charge on any atom is 0.0236 e. The summed E-state index contributed by atoms with van der Waals surface area (Å²) in [6, 6.07) is 11.4. The first-order valence-corrected chi connectivity index (χ1v) is 6.28. The summed E-state index contributed by atoms with van der Waals surface area (Å²) in [6.45, 7) is 9.00. The van der Waals surface area contributed by atoms with Crippen molar-refractivity contribution in [1.29, 1.82) is 0 Å². The first-order chi connectivity index (χ1) is 7.81. The van der Waals surface area contributed by atoms with Crippen LogP contribution in [0.2, 0.25) is 0 Å². The van der Waals surface area contributed by atoms with Crippen LogP contribution in [0.3, 0.4) is 0 Å². The Bertz CT molecular complexity index is 330. The van der Waals surface area contributed by atoms with Gasteiger partial charge < -0.3 is 0 Å². The molecule has 0 aliphatic carbocycles. The summed E-state index contributed by atoms with van der Waals surface area (Å²) in [4.78, 5) is 2.47. The normalized spacial score (nSPS) is 24.6. The molecule has 2 atom stereocenters. The lowest BCUT2D eigenvalue weighted by atomic mass is 10.0. The monoisotopic (exact) mass is 215 g/mol. The molecule has 2 aliphatic rings. The summed E-state index contributed by atoms with van der Waals surface area (Å²) < 4.78 is 0. The van der Waals surface area contributed by atoms with Crippen molar-refractivity contribution in [2.75, 3.05) is 13.1 Å². The summed E-state index contributed by atoms with van der Waals surface area (Å²) in [5.74, 6) is 0. The van der Waals surface area contributed by atoms with E-state index in [1.165, 1.54) is 37.1 Å². The summed E-state index contributed by atoms with van der Waals surface area (Å²) in [5.41, 5.74) is 2.52. The van der Waals surface area contributed by atoms with Crippen LogP contribution < -0.4 is 0 Å². The molecule has 0 spiro atoms. The summed E-state index contributed by atoms with van der Waals surface area (Å²) in [6.07, 6.45) is 3.76. The minimum Gasteiger partial charge on any atom is -0.297 e. The molecular weight excluding hydrogens is 194 g/mol. The van der Waals surface area contributed by atoms with Crippen molar-refractivity contribution in [2.45, 2.75) is 32.2 Å². The SMILES string of the molecule is C1CN2CC12.C=C(CCC)c1ccccc1. The molecule has 2 aliphatic heterocycles. The van der Waals surface area contributed by atoms with Gasteiger partial charge in [0.2, 0.25) is 0 Å². The Labute approximate surface area is 98.8 Å². The van der Waals surface area contributed by atoms with Gasteiger partial charge in [0.25, 0.3) is 0 Å². The van der Waals surface area contributed by atoms with Gasteiger partial charge in [0.15, 0.2) is 0 Å². The van der Waals surface area contributed by atoms with Crippen LogP contribution in [0.4, 0.5) is 0 Å². The first-order valence-electron chi connectivity index (χ1n) is 6.28. The predicted molar refractivity (Wildman–Crippen MR) is 70.4 cm³/mol.